The average molecular weight is 295 g/mol. The van der Waals surface area contributed by atoms with Crippen LogP contribution in [0, 0.1) is 11.3 Å². The quantitative estimate of drug-likeness (QED) is 0.840. The van der Waals surface area contributed by atoms with Gasteiger partial charge in [0.2, 0.25) is 11.6 Å². The fourth-order valence-electron chi connectivity index (χ4n) is 2.68. The van der Waals surface area contributed by atoms with Crippen LogP contribution in [-0.4, -0.2) is 15.2 Å². The number of aromatic amines is 1. The second-order valence-electron chi connectivity index (χ2n) is 6.28. The minimum absolute atomic E-state index is 0.0984. The molecule has 2 aromatic heterocycles. The first-order valence-electron chi connectivity index (χ1n) is 6.99. The fraction of sp³-hybridized carbons (Fsp3) is 0.312. The van der Waals surface area contributed by atoms with E-state index in [0.717, 1.165) is 16.8 Å². The van der Waals surface area contributed by atoms with Gasteiger partial charge in [-0.1, -0.05) is 20.8 Å². The van der Waals surface area contributed by atoms with Gasteiger partial charge in [0.1, 0.15) is 6.07 Å². The molecule has 22 heavy (non-hydrogen) atoms. The molecule has 0 spiro atoms. The second kappa shape index (κ2) is 4.88. The number of nitrogens with zero attached hydrogens (tertiary/aromatic N) is 3. The molecule has 0 radical (unpaired) electrons. The van der Waals surface area contributed by atoms with Crippen LogP contribution in [-0.2, 0) is 5.41 Å². The van der Waals surface area contributed by atoms with E-state index in [1.54, 1.807) is 12.4 Å². The molecule has 0 amide bonds. The van der Waals surface area contributed by atoms with E-state index in [1.807, 2.05) is 18.2 Å². The number of fused-ring (bicyclic) bond motifs is 1. The summed E-state index contributed by atoms with van der Waals surface area (Å²) in [5.74, 6) is 0.244. The Kier molecular flexibility index (Phi) is 3.14. The normalized spacial score (nSPS) is 17.6. The Bertz CT molecular complexity index is 777. The number of nitrogens with two attached hydrogens (primary N) is 1. The third-order valence-corrected chi connectivity index (χ3v) is 3.72. The van der Waals surface area contributed by atoms with Gasteiger partial charge in [-0.25, -0.2) is 0 Å². The molecule has 1 aliphatic rings. The van der Waals surface area contributed by atoms with E-state index < -0.39 is 0 Å². The lowest BCUT2D eigenvalue weighted by Gasteiger charge is -2.27. The van der Waals surface area contributed by atoms with Crippen molar-refractivity contribution in [2.75, 3.05) is 0 Å². The Labute approximate surface area is 128 Å². The highest BCUT2D eigenvalue weighted by Gasteiger charge is 2.37. The lowest BCUT2D eigenvalue weighted by atomic mass is 9.80. The molecule has 0 aliphatic carbocycles. The van der Waals surface area contributed by atoms with Crippen LogP contribution in [0.1, 0.15) is 43.5 Å². The predicted octanol–water partition coefficient (Wildman–Crippen LogP) is 2.32. The van der Waals surface area contributed by atoms with Gasteiger partial charge in [0.05, 0.1) is 17.2 Å². The molecule has 3 rings (SSSR count). The van der Waals surface area contributed by atoms with Crippen molar-refractivity contribution < 1.29 is 4.74 Å². The number of hydrogen-bond acceptors (Lipinski definition) is 5. The number of aromatic nitrogens is 3. The maximum Gasteiger partial charge on any atom is 0.243 e. The van der Waals surface area contributed by atoms with Crippen LogP contribution in [0.3, 0.4) is 0 Å². The highest BCUT2D eigenvalue weighted by atomic mass is 16.5. The number of nitriles is 1. The molecule has 0 bridgehead atoms. The van der Waals surface area contributed by atoms with Crippen molar-refractivity contribution in [3.05, 3.63) is 52.8 Å². The Hall–Kier alpha value is -2.81. The third-order valence-electron chi connectivity index (χ3n) is 3.72. The van der Waals surface area contributed by atoms with Crippen LogP contribution >= 0.6 is 0 Å². The molecule has 1 unspecified atom stereocenters. The molecule has 0 fully saturated rings. The molecule has 2 aromatic rings. The molecule has 1 aliphatic heterocycles. The molecule has 0 saturated carbocycles. The van der Waals surface area contributed by atoms with Gasteiger partial charge in [0.25, 0.3) is 0 Å². The first-order chi connectivity index (χ1) is 10.4. The zero-order valence-corrected chi connectivity index (χ0v) is 12.7. The molecular formula is C16H17N5O. The van der Waals surface area contributed by atoms with Crippen LogP contribution in [0.2, 0.25) is 0 Å². The van der Waals surface area contributed by atoms with Crippen molar-refractivity contribution in [3.8, 4) is 11.9 Å². The van der Waals surface area contributed by atoms with E-state index in [-0.39, 0.29) is 17.1 Å². The van der Waals surface area contributed by atoms with E-state index in [4.69, 9.17) is 10.5 Å². The number of pyridine rings is 1. The lowest BCUT2D eigenvalue weighted by molar-refractivity contribution is 0.399. The summed E-state index contributed by atoms with van der Waals surface area (Å²) in [5.41, 5.74) is 9.25. The minimum Gasteiger partial charge on any atom is -0.424 e. The van der Waals surface area contributed by atoms with Gasteiger partial charge in [-0.05, 0) is 17.7 Å². The third kappa shape index (κ3) is 2.11. The molecule has 3 N–H and O–H groups in total. The summed E-state index contributed by atoms with van der Waals surface area (Å²) in [6.45, 7) is 6.26. The number of allylic oxidation sites excluding steroid dienone is 2. The molecular weight excluding hydrogens is 278 g/mol. The Morgan fingerprint density at radius 2 is 2.00 bits per heavy atom. The van der Waals surface area contributed by atoms with Crippen molar-refractivity contribution in [2.45, 2.75) is 32.1 Å². The van der Waals surface area contributed by atoms with Crippen LogP contribution in [0.4, 0.5) is 0 Å². The topological polar surface area (TPSA) is 101 Å². The largest absolute Gasteiger partial charge is 0.424 e. The van der Waals surface area contributed by atoms with Crippen molar-refractivity contribution in [2.24, 2.45) is 5.73 Å². The van der Waals surface area contributed by atoms with Crippen LogP contribution in [0.25, 0.3) is 0 Å². The van der Waals surface area contributed by atoms with Crippen molar-refractivity contribution in [1.29, 1.82) is 5.26 Å². The summed E-state index contributed by atoms with van der Waals surface area (Å²) in [4.78, 5) is 4.04. The zero-order valence-electron chi connectivity index (χ0n) is 12.7. The highest BCUT2D eigenvalue weighted by Crippen LogP contribution is 2.44. The molecule has 6 heteroatoms. The fourth-order valence-corrected chi connectivity index (χ4v) is 2.68. The number of rotatable bonds is 1. The minimum atomic E-state index is -0.269. The van der Waals surface area contributed by atoms with Gasteiger partial charge in [-0.3, -0.25) is 10.1 Å². The number of H-pyrrole nitrogens is 1. The maximum absolute atomic E-state index is 9.26. The predicted molar refractivity (Wildman–Crippen MR) is 80.8 cm³/mol. The summed E-state index contributed by atoms with van der Waals surface area (Å²) in [7, 11) is 0. The molecule has 112 valence electrons. The summed E-state index contributed by atoms with van der Waals surface area (Å²) < 4.78 is 5.56. The van der Waals surface area contributed by atoms with Gasteiger partial charge < -0.3 is 10.5 Å². The maximum atomic E-state index is 9.26. The first kappa shape index (κ1) is 14.1. The standard InChI is InChI=1S/C16H17N5O/c1-16(2,3)14-12-11(9-4-6-19-7-5-9)13(18)10(8-17)22-15(12)21-20-14/h4-7,11H,18H2,1-3H3,(H,20,21). The van der Waals surface area contributed by atoms with Gasteiger partial charge in [-0.2, -0.15) is 5.26 Å². The number of hydrogen-bond donors (Lipinski definition) is 2. The van der Waals surface area contributed by atoms with E-state index in [0.29, 0.717) is 11.6 Å². The Balaban J connectivity index is 2.26. The van der Waals surface area contributed by atoms with E-state index in [9.17, 15) is 5.26 Å². The van der Waals surface area contributed by atoms with Gasteiger partial charge in [0.15, 0.2) is 0 Å². The molecule has 3 heterocycles. The van der Waals surface area contributed by atoms with E-state index in [2.05, 4.69) is 36.0 Å². The van der Waals surface area contributed by atoms with Gasteiger partial charge in [-0.15, -0.1) is 5.10 Å². The van der Waals surface area contributed by atoms with Gasteiger partial charge >= 0.3 is 0 Å². The summed E-state index contributed by atoms with van der Waals surface area (Å²) in [6.07, 6.45) is 3.42. The summed E-state index contributed by atoms with van der Waals surface area (Å²) >= 11 is 0. The number of ether oxygens (including phenoxy) is 1. The Morgan fingerprint density at radius 3 is 2.59 bits per heavy atom. The van der Waals surface area contributed by atoms with Crippen LogP contribution in [0.5, 0.6) is 5.88 Å². The Morgan fingerprint density at radius 1 is 1.32 bits per heavy atom. The van der Waals surface area contributed by atoms with Crippen molar-refractivity contribution >= 4 is 0 Å². The van der Waals surface area contributed by atoms with Gasteiger partial charge in [0, 0.05) is 23.5 Å². The summed E-state index contributed by atoms with van der Waals surface area (Å²) in [6, 6.07) is 5.79. The summed E-state index contributed by atoms with van der Waals surface area (Å²) in [5, 5.41) is 16.5. The van der Waals surface area contributed by atoms with Crippen LogP contribution in [0.15, 0.2) is 36.0 Å². The number of nitrogens with one attached hydrogen (secondary N) is 1. The van der Waals surface area contributed by atoms with E-state index >= 15 is 0 Å². The SMILES string of the molecule is CC(C)(C)c1[nH]nc2c1C(c1ccncc1)C(N)=C(C#N)O2. The molecule has 6 nitrogen and oxygen atoms in total. The highest BCUT2D eigenvalue weighted by molar-refractivity contribution is 5.53. The molecule has 0 aromatic carbocycles. The second-order valence-corrected chi connectivity index (χ2v) is 6.28. The molecule has 0 saturated heterocycles. The van der Waals surface area contributed by atoms with Crippen molar-refractivity contribution in [1.82, 2.24) is 15.2 Å². The average Bonchev–Trinajstić information content (AvgIpc) is 2.91. The first-order valence-corrected chi connectivity index (χ1v) is 6.99. The molecule has 1 atom stereocenters. The van der Waals surface area contributed by atoms with Crippen LogP contribution < -0.4 is 10.5 Å². The van der Waals surface area contributed by atoms with Crippen molar-refractivity contribution in [3.63, 3.8) is 0 Å². The monoisotopic (exact) mass is 295 g/mol. The smallest absolute Gasteiger partial charge is 0.243 e. The van der Waals surface area contributed by atoms with E-state index in [1.165, 1.54) is 0 Å². The zero-order chi connectivity index (χ0) is 15.9. The lowest BCUT2D eigenvalue weighted by Crippen LogP contribution is -2.24.